The van der Waals surface area contributed by atoms with Crippen molar-refractivity contribution < 1.29 is 36.7 Å². The summed E-state index contributed by atoms with van der Waals surface area (Å²) in [5, 5.41) is 2.83. The number of amides is 3. The van der Waals surface area contributed by atoms with E-state index in [2.05, 4.69) is 21.6 Å². The summed E-state index contributed by atoms with van der Waals surface area (Å²) in [6, 6.07) is 4.94. The van der Waals surface area contributed by atoms with Gasteiger partial charge in [-0.15, -0.1) is 6.58 Å². The monoisotopic (exact) mass is 588 g/mol. The molecule has 1 aromatic carbocycles. The van der Waals surface area contributed by atoms with Crippen molar-refractivity contribution in [2.75, 3.05) is 6.54 Å². The number of hydrogen-bond donors (Lipinski definition) is 2. The first-order valence-electron chi connectivity index (χ1n) is 13.4. The highest BCUT2D eigenvalue weighted by molar-refractivity contribution is 7.91. The zero-order valence-electron chi connectivity index (χ0n) is 23.1. The molecule has 1 saturated heterocycles. The molecule has 1 aliphatic heterocycles. The van der Waals surface area contributed by atoms with Crippen molar-refractivity contribution in [2.45, 2.75) is 75.0 Å². The maximum absolute atomic E-state index is 14.3. The summed E-state index contributed by atoms with van der Waals surface area (Å²) >= 11 is 0. The van der Waals surface area contributed by atoms with Gasteiger partial charge in [0.05, 0.1) is 11.8 Å². The van der Waals surface area contributed by atoms with Crippen LogP contribution in [0.1, 0.15) is 46.5 Å². The first-order valence-corrected chi connectivity index (χ1v) is 15.0. The van der Waals surface area contributed by atoms with Gasteiger partial charge in [-0.2, -0.15) is 0 Å². The van der Waals surface area contributed by atoms with Gasteiger partial charge >= 0.3 is 6.09 Å². The van der Waals surface area contributed by atoms with Gasteiger partial charge in [0.1, 0.15) is 29.1 Å². The third-order valence-corrected chi connectivity index (χ3v) is 9.26. The van der Waals surface area contributed by atoms with Crippen LogP contribution in [-0.4, -0.2) is 71.3 Å². The fraction of sp³-hybridized carbons (Fsp3) is 0.500. The van der Waals surface area contributed by atoms with Crippen molar-refractivity contribution in [1.82, 2.24) is 19.9 Å². The number of nitrogens with one attached hydrogen (secondary N) is 2. The molecule has 3 fully saturated rings. The van der Waals surface area contributed by atoms with Gasteiger partial charge in [-0.1, -0.05) is 12.1 Å². The lowest BCUT2D eigenvalue weighted by atomic mass is 10.1. The molecule has 220 valence electrons. The summed E-state index contributed by atoms with van der Waals surface area (Å²) < 4.78 is 52.9. The third-order valence-electron chi connectivity index (χ3n) is 7.44. The van der Waals surface area contributed by atoms with Crippen LogP contribution in [0.3, 0.4) is 0 Å². The van der Waals surface area contributed by atoms with Crippen molar-refractivity contribution in [3.8, 4) is 5.88 Å². The van der Waals surface area contributed by atoms with Crippen LogP contribution in [0, 0.1) is 11.7 Å². The molecule has 0 spiro atoms. The average molecular weight is 589 g/mol. The number of sulfonamides is 1. The summed E-state index contributed by atoms with van der Waals surface area (Å²) in [6.07, 6.45) is 2.56. The number of nitrogens with zero attached hydrogens (tertiary/aromatic N) is 2. The first kappa shape index (κ1) is 28.8. The minimum atomic E-state index is -3.85. The van der Waals surface area contributed by atoms with Gasteiger partial charge in [0.2, 0.25) is 21.8 Å². The van der Waals surface area contributed by atoms with Crippen LogP contribution in [0.25, 0.3) is 10.8 Å². The Labute approximate surface area is 237 Å². The summed E-state index contributed by atoms with van der Waals surface area (Å²) in [4.78, 5) is 45.4. The highest BCUT2D eigenvalue weighted by Crippen LogP contribution is 2.45. The summed E-state index contributed by atoms with van der Waals surface area (Å²) in [5.74, 6) is -2.28. The second-order valence-electron chi connectivity index (χ2n) is 11.8. The van der Waals surface area contributed by atoms with Crippen molar-refractivity contribution in [1.29, 1.82) is 0 Å². The number of pyridine rings is 1. The van der Waals surface area contributed by atoms with Gasteiger partial charge in [0.15, 0.2) is 0 Å². The molecule has 2 aromatic rings. The predicted octanol–water partition coefficient (Wildman–Crippen LogP) is 2.80. The molecule has 0 bridgehead atoms. The molecule has 4 unspecified atom stereocenters. The van der Waals surface area contributed by atoms with E-state index in [4.69, 9.17) is 9.47 Å². The SMILES string of the molecule is C=CC1CC1(NC(=O)C1CC(Oc2nccc3c(F)cccc23)CN1C(=O)OC(C)(C)C)C(=O)NS(=O)(=O)C1CC1. The van der Waals surface area contributed by atoms with Crippen LogP contribution < -0.4 is 14.8 Å². The van der Waals surface area contributed by atoms with Crippen molar-refractivity contribution in [3.05, 3.63) is 48.9 Å². The largest absolute Gasteiger partial charge is 0.472 e. The summed E-state index contributed by atoms with van der Waals surface area (Å²) in [7, 11) is -3.85. The number of carbonyl (C=O) groups is 3. The van der Waals surface area contributed by atoms with Crippen LogP contribution >= 0.6 is 0 Å². The van der Waals surface area contributed by atoms with Gasteiger partial charge in [-0.25, -0.2) is 22.6 Å². The Morgan fingerprint density at radius 1 is 1.20 bits per heavy atom. The summed E-state index contributed by atoms with van der Waals surface area (Å²) in [5.41, 5.74) is -2.36. The number of fused-ring (bicyclic) bond motifs is 1. The first-order chi connectivity index (χ1) is 19.2. The second-order valence-corrected chi connectivity index (χ2v) is 13.7. The highest BCUT2D eigenvalue weighted by atomic mass is 32.2. The minimum Gasteiger partial charge on any atom is -0.472 e. The van der Waals surface area contributed by atoms with Gasteiger partial charge in [0, 0.05) is 29.3 Å². The second kappa shape index (κ2) is 10.3. The number of benzene rings is 1. The number of likely N-dealkylation sites (tertiary alicyclic amines) is 1. The molecule has 3 amide bonds. The quantitative estimate of drug-likeness (QED) is 0.448. The normalized spacial score (nSPS) is 25.9. The number of ether oxygens (including phenoxy) is 2. The minimum absolute atomic E-state index is 0.0231. The Kier molecular flexibility index (Phi) is 7.21. The van der Waals surface area contributed by atoms with Crippen LogP contribution in [0.5, 0.6) is 5.88 Å². The standard InChI is InChI=1S/C28H33FN4O7S/c1-5-16-14-28(16,25(35)32-41(37,38)18-9-10-18)31-23(34)22-13-17(15-33(22)26(36)40-27(2,3)4)39-24-20-7-6-8-21(29)19(20)11-12-30-24/h5-8,11-12,16-18,22H,1,9-10,13-15H2,2-4H3,(H,31,34)(H,32,35). The topological polar surface area (TPSA) is 144 Å². The van der Waals surface area contributed by atoms with Crippen molar-refractivity contribution >= 4 is 38.7 Å². The van der Waals surface area contributed by atoms with Crippen LogP contribution in [0.4, 0.5) is 9.18 Å². The molecule has 2 N–H and O–H groups in total. The van der Waals surface area contributed by atoms with Crippen LogP contribution in [0.15, 0.2) is 43.1 Å². The van der Waals surface area contributed by atoms with E-state index < -0.39 is 68.2 Å². The number of aromatic nitrogens is 1. The number of rotatable bonds is 8. The predicted molar refractivity (Wildman–Crippen MR) is 147 cm³/mol. The Morgan fingerprint density at radius 2 is 1.93 bits per heavy atom. The lowest BCUT2D eigenvalue weighted by Crippen LogP contribution is -2.56. The molecule has 2 heterocycles. The fourth-order valence-electron chi connectivity index (χ4n) is 5.07. The number of halogens is 1. The molecule has 41 heavy (non-hydrogen) atoms. The Balaban J connectivity index is 1.38. The fourth-order valence-corrected chi connectivity index (χ4v) is 6.43. The zero-order valence-corrected chi connectivity index (χ0v) is 23.9. The molecule has 2 saturated carbocycles. The lowest BCUT2D eigenvalue weighted by molar-refractivity contribution is -0.131. The third kappa shape index (κ3) is 5.85. The smallest absolute Gasteiger partial charge is 0.411 e. The van der Waals surface area contributed by atoms with Gasteiger partial charge in [-0.05, 0) is 58.2 Å². The van der Waals surface area contributed by atoms with Crippen LogP contribution in [-0.2, 0) is 24.3 Å². The van der Waals surface area contributed by atoms with Gasteiger partial charge in [0.25, 0.3) is 5.91 Å². The molecule has 0 radical (unpaired) electrons. The molecule has 2 aliphatic carbocycles. The Morgan fingerprint density at radius 3 is 2.56 bits per heavy atom. The van der Waals surface area contributed by atoms with Crippen molar-refractivity contribution in [2.24, 2.45) is 5.92 Å². The molecule has 13 heteroatoms. The van der Waals surface area contributed by atoms with E-state index in [9.17, 15) is 27.2 Å². The molecule has 3 aliphatic rings. The van der Waals surface area contributed by atoms with E-state index in [1.54, 1.807) is 26.8 Å². The van der Waals surface area contributed by atoms with Gasteiger partial charge < -0.3 is 14.8 Å². The van der Waals surface area contributed by atoms with E-state index in [0.717, 1.165) is 0 Å². The average Bonchev–Trinajstić information content (AvgIpc) is 3.80. The van der Waals surface area contributed by atoms with E-state index >= 15 is 0 Å². The summed E-state index contributed by atoms with van der Waals surface area (Å²) in [6.45, 7) is 8.74. The molecule has 4 atom stereocenters. The van der Waals surface area contributed by atoms with E-state index in [1.165, 1.54) is 35.4 Å². The molecule has 1 aromatic heterocycles. The highest BCUT2D eigenvalue weighted by Gasteiger charge is 2.62. The zero-order chi connectivity index (χ0) is 29.7. The number of carbonyl (C=O) groups excluding carboxylic acids is 3. The van der Waals surface area contributed by atoms with E-state index in [1.807, 2.05) is 0 Å². The maximum Gasteiger partial charge on any atom is 0.411 e. The maximum atomic E-state index is 14.3. The Hall–Kier alpha value is -3.74. The van der Waals surface area contributed by atoms with E-state index in [0.29, 0.717) is 23.6 Å². The Bertz CT molecular complexity index is 1520. The molecular formula is C28H33FN4O7S. The molecule has 5 rings (SSSR count). The van der Waals surface area contributed by atoms with Gasteiger partial charge in [-0.3, -0.25) is 19.2 Å². The lowest BCUT2D eigenvalue weighted by Gasteiger charge is -2.29. The van der Waals surface area contributed by atoms with Crippen molar-refractivity contribution in [3.63, 3.8) is 0 Å². The van der Waals surface area contributed by atoms with E-state index in [-0.39, 0.29) is 25.3 Å². The molecule has 11 nitrogen and oxygen atoms in total. The van der Waals surface area contributed by atoms with Crippen LogP contribution in [0.2, 0.25) is 0 Å². The number of hydrogen-bond acceptors (Lipinski definition) is 8. The molecular weight excluding hydrogens is 555 g/mol.